The molecule has 0 saturated carbocycles. The number of methoxy groups -OCH3 is 1. The molecule has 0 aromatic carbocycles. The summed E-state index contributed by atoms with van der Waals surface area (Å²) in [5, 5.41) is 8.07. The van der Waals surface area contributed by atoms with Crippen LogP contribution in [-0.2, 0) is 11.3 Å². The molecule has 1 rings (SSSR count). The summed E-state index contributed by atoms with van der Waals surface area (Å²) in [4.78, 5) is 0. The van der Waals surface area contributed by atoms with Crippen molar-refractivity contribution >= 4 is 11.6 Å². The summed E-state index contributed by atoms with van der Waals surface area (Å²) in [7, 11) is 1.71. The highest BCUT2D eigenvalue weighted by Gasteiger charge is 2.10. The van der Waals surface area contributed by atoms with Gasteiger partial charge in [-0.2, -0.15) is 5.10 Å². The zero-order chi connectivity index (χ0) is 14.1. The summed E-state index contributed by atoms with van der Waals surface area (Å²) in [6.45, 7) is 5.84. The molecule has 0 aliphatic carbocycles. The zero-order valence-electron chi connectivity index (χ0n) is 12.2. The van der Waals surface area contributed by atoms with Crippen molar-refractivity contribution in [1.82, 2.24) is 15.1 Å². The molecular formula is C14H26ClN3O. The predicted molar refractivity (Wildman–Crippen MR) is 79.7 cm³/mol. The van der Waals surface area contributed by atoms with Crippen LogP contribution in [0.15, 0.2) is 12.3 Å². The fraction of sp³-hybridized carbons (Fsp3) is 0.786. The van der Waals surface area contributed by atoms with E-state index < -0.39 is 0 Å². The van der Waals surface area contributed by atoms with Gasteiger partial charge < -0.3 is 10.1 Å². The minimum absolute atomic E-state index is 0.292. The van der Waals surface area contributed by atoms with Gasteiger partial charge in [0, 0.05) is 31.8 Å². The summed E-state index contributed by atoms with van der Waals surface area (Å²) in [6.07, 6.45) is 5.21. The third kappa shape index (κ3) is 5.51. The van der Waals surface area contributed by atoms with Crippen molar-refractivity contribution in [3.63, 3.8) is 0 Å². The first kappa shape index (κ1) is 16.5. The highest BCUT2D eigenvalue weighted by Crippen LogP contribution is 2.14. The lowest BCUT2D eigenvalue weighted by atomic mass is 10.2. The van der Waals surface area contributed by atoms with Crippen LogP contribution in [0.1, 0.15) is 44.8 Å². The Kier molecular flexibility index (Phi) is 8.10. The average Bonchev–Trinajstić information content (AvgIpc) is 2.87. The Hall–Kier alpha value is -0.580. The second kappa shape index (κ2) is 9.34. The number of aromatic nitrogens is 2. The third-order valence-electron chi connectivity index (χ3n) is 3.38. The van der Waals surface area contributed by atoms with E-state index in [1.807, 2.05) is 0 Å². The van der Waals surface area contributed by atoms with Crippen molar-refractivity contribution in [2.24, 2.45) is 0 Å². The Morgan fingerprint density at radius 3 is 2.74 bits per heavy atom. The Labute approximate surface area is 121 Å². The van der Waals surface area contributed by atoms with Gasteiger partial charge in [-0.05, 0) is 25.3 Å². The fourth-order valence-corrected chi connectivity index (χ4v) is 2.43. The molecule has 1 N–H and O–H groups in total. The molecule has 1 atom stereocenters. The van der Waals surface area contributed by atoms with E-state index in [4.69, 9.17) is 16.3 Å². The lowest BCUT2D eigenvalue weighted by Crippen LogP contribution is -2.33. The van der Waals surface area contributed by atoms with Gasteiger partial charge in [-0.15, -0.1) is 11.6 Å². The summed E-state index contributed by atoms with van der Waals surface area (Å²) < 4.78 is 7.25. The van der Waals surface area contributed by atoms with Crippen LogP contribution in [0.25, 0.3) is 0 Å². The first-order chi connectivity index (χ1) is 9.24. The average molecular weight is 288 g/mol. The van der Waals surface area contributed by atoms with E-state index in [2.05, 4.69) is 41.2 Å². The number of hydrogen-bond donors (Lipinski definition) is 1. The molecule has 1 aromatic heterocycles. The molecule has 0 radical (unpaired) electrons. The topological polar surface area (TPSA) is 39.1 Å². The normalized spacial score (nSPS) is 13.1. The van der Waals surface area contributed by atoms with E-state index in [0.29, 0.717) is 24.6 Å². The van der Waals surface area contributed by atoms with E-state index >= 15 is 0 Å². The first-order valence-electron chi connectivity index (χ1n) is 7.07. The van der Waals surface area contributed by atoms with Crippen LogP contribution < -0.4 is 5.32 Å². The molecule has 0 fully saturated rings. The Bertz CT molecular complexity index is 333. The first-order valence-corrected chi connectivity index (χ1v) is 7.60. The predicted octanol–water partition coefficient (Wildman–Crippen LogP) is 2.98. The lowest BCUT2D eigenvalue weighted by Gasteiger charge is -2.16. The summed E-state index contributed by atoms with van der Waals surface area (Å²) >= 11 is 5.78. The Balaban J connectivity index is 2.48. The molecule has 1 aromatic rings. The largest absolute Gasteiger partial charge is 0.383 e. The van der Waals surface area contributed by atoms with Gasteiger partial charge in [-0.1, -0.05) is 13.8 Å². The second-order valence-corrected chi connectivity index (χ2v) is 5.15. The number of halogens is 1. The number of ether oxygens (including phenoxy) is 1. The standard InChI is InChI=1S/C14H26ClN3O/c1-4-14(5-2)18-9-7-12(17-18)10-16-13(6-8-15)11-19-3/h7,9,13-14,16H,4-6,8,10-11H2,1-3H3. The highest BCUT2D eigenvalue weighted by molar-refractivity contribution is 6.17. The van der Waals surface area contributed by atoms with Gasteiger partial charge in [-0.25, -0.2) is 0 Å². The summed E-state index contributed by atoms with van der Waals surface area (Å²) in [5.74, 6) is 0.642. The molecule has 0 amide bonds. The number of rotatable bonds is 10. The van der Waals surface area contributed by atoms with Gasteiger partial charge in [0.2, 0.25) is 0 Å². The van der Waals surface area contributed by atoms with E-state index in [1.54, 1.807) is 7.11 Å². The highest BCUT2D eigenvalue weighted by atomic mass is 35.5. The smallest absolute Gasteiger partial charge is 0.0762 e. The van der Waals surface area contributed by atoms with E-state index in [1.165, 1.54) is 0 Å². The monoisotopic (exact) mass is 287 g/mol. The van der Waals surface area contributed by atoms with Gasteiger partial charge >= 0.3 is 0 Å². The van der Waals surface area contributed by atoms with Crippen LogP contribution in [0.4, 0.5) is 0 Å². The Morgan fingerprint density at radius 1 is 1.42 bits per heavy atom. The van der Waals surface area contributed by atoms with E-state index in [-0.39, 0.29) is 0 Å². The minimum Gasteiger partial charge on any atom is -0.383 e. The zero-order valence-corrected chi connectivity index (χ0v) is 13.0. The van der Waals surface area contributed by atoms with Crippen LogP contribution in [0.3, 0.4) is 0 Å². The van der Waals surface area contributed by atoms with Crippen molar-refractivity contribution in [2.45, 2.75) is 51.7 Å². The van der Waals surface area contributed by atoms with Crippen LogP contribution in [-0.4, -0.2) is 35.4 Å². The SMILES string of the molecule is CCC(CC)n1ccc(CNC(CCCl)COC)n1. The molecule has 0 bridgehead atoms. The van der Waals surface area contributed by atoms with Gasteiger partial charge in [0.1, 0.15) is 0 Å². The number of nitrogens with zero attached hydrogens (tertiary/aromatic N) is 2. The molecule has 0 aliphatic rings. The van der Waals surface area contributed by atoms with Crippen molar-refractivity contribution in [1.29, 1.82) is 0 Å². The van der Waals surface area contributed by atoms with Gasteiger partial charge in [0.15, 0.2) is 0 Å². The van der Waals surface area contributed by atoms with Crippen LogP contribution in [0, 0.1) is 0 Å². The van der Waals surface area contributed by atoms with Crippen LogP contribution in [0.5, 0.6) is 0 Å². The molecule has 4 nitrogen and oxygen atoms in total. The molecule has 110 valence electrons. The van der Waals surface area contributed by atoms with Crippen molar-refractivity contribution in [3.05, 3.63) is 18.0 Å². The Morgan fingerprint density at radius 2 is 2.16 bits per heavy atom. The van der Waals surface area contributed by atoms with Crippen LogP contribution in [0.2, 0.25) is 0 Å². The summed E-state index contributed by atoms with van der Waals surface area (Å²) in [6, 6.07) is 2.88. The quantitative estimate of drug-likeness (QED) is 0.673. The fourth-order valence-electron chi connectivity index (χ4n) is 2.16. The maximum atomic E-state index is 5.78. The molecule has 1 unspecified atom stereocenters. The molecule has 19 heavy (non-hydrogen) atoms. The van der Waals surface area contributed by atoms with Gasteiger partial charge in [-0.3, -0.25) is 4.68 Å². The third-order valence-corrected chi connectivity index (χ3v) is 3.60. The minimum atomic E-state index is 0.292. The lowest BCUT2D eigenvalue weighted by molar-refractivity contribution is 0.164. The van der Waals surface area contributed by atoms with Crippen LogP contribution >= 0.6 is 11.6 Å². The molecule has 0 saturated heterocycles. The van der Waals surface area contributed by atoms with Gasteiger partial charge in [0.05, 0.1) is 18.3 Å². The molecular weight excluding hydrogens is 262 g/mol. The van der Waals surface area contributed by atoms with Crippen molar-refractivity contribution in [3.8, 4) is 0 Å². The number of alkyl halides is 1. The maximum absolute atomic E-state index is 5.78. The van der Waals surface area contributed by atoms with E-state index in [9.17, 15) is 0 Å². The summed E-state index contributed by atoms with van der Waals surface area (Å²) in [5.41, 5.74) is 1.07. The molecule has 5 heteroatoms. The van der Waals surface area contributed by atoms with Crippen molar-refractivity contribution in [2.75, 3.05) is 19.6 Å². The van der Waals surface area contributed by atoms with Crippen molar-refractivity contribution < 1.29 is 4.74 Å². The number of hydrogen-bond acceptors (Lipinski definition) is 3. The maximum Gasteiger partial charge on any atom is 0.0762 e. The second-order valence-electron chi connectivity index (χ2n) is 4.77. The van der Waals surface area contributed by atoms with E-state index in [0.717, 1.165) is 31.5 Å². The number of nitrogens with one attached hydrogen (secondary N) is 1. The van der Waals surface area contributed by atoms with Gasteiger partial charge in [0.25, 0.3) is 0 Å². The molecule has 1 heterocycles. The molecule has 0 aliphatic heterocycles. The molecule has 0 spiro atoms.